The van der Waals surface area contributed by atoms with Gasteiger partial charge >= 0.3 is 0 Å². The largest absolute Gasteiger partial charge is 0.315 e. The lowest BCUT2D eigenvalue weighted by Gasteiger charge is -2.18. The van der Waals surface area contributed by atoms with E-state index in [1.165, 1.54) is 32.1 Å². The van der Waals surface area contributed by atoms with Crippen molar-refractivity contribution in [3.05, 3.63) is 11.6 Å². The van der Waals surface area contributed by atoms with E-state index in [0.717, 1.165) is 31.0 Å². The van der Waals surface area contributed by atoms with Gasteiger partial charge in [0.05, 0.1) is 0 Å². The van der Waals surface area contributed by atoms with Gasteiger partial charge in [-0.15, -0.1) is 0 Å². The van der Waals surface area contributed by atoms with Gasteiger partial charge in [-0.3, -0.25) is 5.10 Å². The third-order valence-corrected chi connectivity index (χ3v) is 3.66. The molecular weight excluding hydrogens is 224 g/mol. The summed E-state index contributed by atoms with van der Waals surface area (Å²) < 4.78 is 0. The smallest absolute Gasteiger partial charge is 0.153 e. The van der Waals surface area contributed by atoms with E-state index in [9.17, 15) is 0 Å². The van der Waals surface area contributed by atoms with Crippen LogP contribution in [0.3, 0.4) is 0 Å². The summed E-state index contributed by atoms with van der Waals surface area (Å²) in [5.74, 6) is 2.72. The third kappa shape index (κ3) is 4.09. The zero-order valence-corrected chi connectivity index (χ0v) is 11.7. The molecule has 0 bridgehead atoms. The minimum Gasteiger partial charge on any atom is -0.315 e. The van der Waals surface area contributed by atoms with Crippen LogP contribution in [0.2, 0.25) is 0 Å². The molecule has 0 spiro atoms. The Morgan fingerprint density at radius 2 is 2.06 bits per heavy atom. The van der Waals surface area contributed by atoms with E-state index in [4.69, 9.17) is 0 Å². The lowest BCUT2D eigenvalue weighted by atomic mass is 9.89. The quantitative estimate of drug-likeness (QED) is 0.763. The summed E-state index contributed by atoms with van der Waals surface area (Å²) in [5.41, 5.74) is 0. The topological polar surface area (TPSA) is 53.6 Å². The van der Waals surface area contributed by atoms with Gasteiger partial charge in [0.1, 0.15) is 5.82 Å². The maximum Gasteiger partial charge on any atom is 0.153 e. The Kier molecular flexibility index (Phi) is 5.17. The van der Waals surface area contributed by atoms with E-state index in [1.54, 1.807) is 0 Å². The van der Waals surface area contributed by atoms with Crippen molar-refractivity contribution in [2.75, 3.05) is 6.54 Å². The molecule has 0 atom stereocenters. The molecule has 1 heterocycles. The molecule has 0 unspecified atom stereocenters. The second-order valence-electron chi connectivity index (χ2n) is 5.69. The molecule has 0 aliphatic heterocycles. The molecule has 1 aliphatic rings. The number of aryl methyl sites for hydroxylation is 1. The minimum atomic E-state index is 0.567. The highest BCUT2D eigenvalue weighted by atomic mass is 15.2. The van der Waals surface area contributed by atoms with Crippen LogP contribution in [0.4, 0.5) is 0 Å². The molecule has 4 nitrogen and oxygen atoms in total. The van der Waals surface area contributed by atoms with Gasteiger partial charge < -0.3 is 5.32 Å². The average Bonchev–Trinajstić information content (AvgIpc) is 2.84. The molecule has 0 saturated heterocycles. The molecule has 2 N–H and O–H groups in total. The monoisotopic (exact) mass is 250 g/mol. The fourth-order valence-corrected chi connectivity index (χ4v) is 2.61. The normalized spacial score (nSPS) is 17.5. The zero-order chi connectivity index (χ0) is 12.8. The van der Waals surface area contributed by atoms with E-state index >= 15 is 0 Å². The van der Waals surface area contributed by atoms with Crippen molar-refractivity contribution in [2.45, 2.75) is 70.8 Å². The van der Waals surface area contributed by atoms with Crippen LogP contribution in [0.1, 0.15) is 69.9 Å². The predicted molar refractivity (Wildman–Crippen MR) is 73.7 cm³/mol. The summed E-state index contributed by atoms with van der Waals surface area (Å²) in [6.07, 6.45) is 8.73. The standard InChI is InChI=1S/C14H26N4/c1-11(2)15-10-6-9-13-16-14(18-17-13)12-7-4-3-5-8-12/h11-12,15H,3-10H2,1-2H3,(H,16,17,18). The molecule has 102 valence electrons. The number of aromatic nitrogens is 3. The number of nitrogens with zero attached hydrogens (tertiary/aromatic N) is 2. The highest BCUT2D eigenvalue weighted by Crippen LogP contribution is 2.30. The molecule has 1 aliphatic carbocycles. The van der Waals surface area contributed by atoms with Gasteiger partial charge in [0, 0.05) is 18.4 Å². The Bertz CT molecular complexity index is 339. The van der Waals surface area contributed by atoms with Gasteiger partial charge in [-0.25, -0.2) is 4.98 Å². The Balaban J connectivity index is 1.75. The number of rotatable bonds is 6. The van der Waals surface area contributed by atoms with Crippen LogP contribution in [0.5, 0.6) is 0 Å². The van der Waals surface area contributed by atoms with Crippen molar-refractivity contribution in [1.29, 1.82) is 0 Å². The van der Waals surface area contributed by atoms with E-state index in [2.05, 4.69) is 34.3 Å². The highest BCUT2D eigenvalue weighted by molar-refractivity contribution is 4.99. The maximum absolute atomic E-state index is 4.66. The van der Waals surface area contributed by atoms with Gasteiger partial charge in [0.25, 0.3) is 0 Å². The Labute approximate surface area is 110 Å². The van der Waals surface area contributed by atoms with E-state index in [-0.39, 0.29) is 0 Å². The fourth-order valence-electron chi connectivity index (χ4n) is 2.61. The average molecular weight is 250 g/mol. The molecule has 1 aromatic rings. The van der Waals surface area contributed by atoms with Crippen LogP contribution in [0.25, 0.3) is 0 Å². The molecule has 2 rings (SSSR count). The Morgan fingerprint density at radius 1 is 1.28 bits per heavy atom. The summed E-state index contributed by atoms with van der Waals surface area (Å²) in [7, 11) is 0. The van der Waals surface area contributed by atoms with Crippen molar-refractivity contribution < 1.29 is 0 Å². The number of H-pyrrole nitrogens is 1. The lowest BCUT2D eigenvalue weighted by Crippen LogP contribution is -2.24. The highest BCUT2D eigenvalue weighted by Gasteiger charge is 2.19. The van der Waals surface area contributed by atoms with Crippen LogP contribution in [-0.4, -0.2) is 27.8 Å². The molecule has 1 saturated carbocycles. The maximum atomic E-state index is 4.66. The van der Waals surface area contributed by atoms with E-state index in [1.807, 2.05) is 0 Å². The number of aromatic amines is 1. The van der Waals surface area contributed by atoms with Crippen molar-refractivity contribution in [3.8, 4) is 0 Å². The third-order valence-electron chi connectivity index (χ3n) is 3.66. The molecular formula is C14H26N4. The first-order valence-corrected chi connectivity index (χ1v) is 7.40. The SMILES string of the molecule is CC(C)NCCCc1nc(C2CCCCC2)n[nH]1. The molecule has 0 aromatic carbocycles. The van der Waals surface area contributed by atoms with Crippen molar-refractivity contribution >= 4 is 0 Å². The first-order chi connectivity index (χ1) is 8.75. The minimum absolute atomic E-state index is 0.567. The molecule has 0 amide bonds. The molecule has 1 aromatic heterocycles. The van der Waals surface area contributed by atoms with Gasteiger partial charge in [-0.2, -0.15) is 5.10 Å². The first-order valence-electron chi connectivity index (χ1n) is 7.40. The molecule has 4 heteroatoms. The predicted octanol–water partition coefficient (Wildman–Crippen LogP) is 2.78. The number of nitrogens with one attached hydrogen (secondary N) is 2. The van der Waals surface area contributed by atoms with Crippen molar-refractivity contribution in [1.82, 2.24) is 20.5 Å². The van der Waals surface area contributed by atoms with Gasteiger partial charge in [-0.05, 0) is 25.8 Å². The van der Waals surface area contributed by atoms with E-state index in [0.29, 0.717) is 12.0 Å². The Hall–Kier alpha value is -0.900. The summed E-state index contributed by atoms with van der Waals surface area (Å²) in [6.45, 7) is 5.41. The van der Waals surface area contributed by atoms with Crippen LogP contribution in [-0.2, 0) is 6.42 Å². The summed E-state index contributed by atoms with van der Waals surface area (Å²) >= 11 is 0. The zero-order valence-electron chi connectivity index (χ0n) is 11.7. The second-order valence-corrected chi connectivity index (χ2v) is 5.69. The fraction of sp³-hybridized carbons (Fsp3) is 0.857. The second kappa shape index (κ2) is 6.88. The van der Waals surface area contributed by atoms with Gasteiger partial charge in [0.15, 0.2) is 5.82 Å². The van der Waals surface area contributed by atoms with Gasteiger partial charge in [-0.1, -0.05) is 33.1 Å². The molecule has 1 fully saturated rings. The number of hydrogen-bond acceptors (Lipinski definition) is 3. The van der Waals surface area contributed by atoms with Crippen LogP contribution < -0.4 is 5.32 Å². The van der Waals surface area contributed by atoms with Crippen LogP contribution >= 0.6 is 0 Å². The van der Waals surface area contributed by atoms with Crippen LogP contribution in [0, 0.1) is 0 Å². The van der Waals surface area contributed by atoms with Gasteiger partial charge in [0.2, 0.25) is 0 Å². The van der Waals surface area contributed by atoms with Crippen LogP contribution in [0.15, 0.2) is 0 Å². The lowest BCUT2D eigenvalue weighted by molar-refractivity contribution is 0.429. The summed E-state index contributed by atoms with van der Waals surface area (Å²) in [6, 6.07) is 0.567. The Morgan fingerprint density at radius 3 is 2.78 bits per heavy atom. The van der Waals surface area contributed by atoms with E-state index < -0.39 is 0 Å². The van der Waals surface area contributed by atoms with Crippen molar-refractivity contribution in [2.24, 2.45) is 0 Å². The molecule has 18 heavy (non-hydrogen) atoms. The first kappa shape index (κ1) is 13.5. The summed E-state index contributed by atoms with van der Waals surface area (Å²) in [4.78, 5) is 4.66. The molecule has 0 radical (unpaired) electrons. The summed E-state index contributed by atoms with van der Waals surface area (Å²) in [5, 5.41) is 10.9. The van der Waals surface area contributed by atoms with Crippen molar-refractivity contribution in [3.63, 3.8) is 0 Å². The number of hydrogen-bond donors (Lipinski definition) is 2.